The van der Waals surface area contributed by atoms with Crippen molar-refractivity contribution in [2.75, 3.05) is 19.5 Å². The molecule has 0 radical (unpaired) electrons. The zero-order valence-electron chi connectivity index (χ0n) is 14.0. The number of nitrogens with one attached hydrogen (secondary N) is 1. The largest absolute Gasteiger partial charge is 0.494 e. The Morgan fingerprint density at radius 2 is 1.85 bits per heavy atom. The molecule has 134 valence electrons. The molecule has 0 saturated carbocycles. The Hall–Kier alpha value is -3.06. The number of halogens is 2. The molecule has 0 saturated heterocycles. The molecule has 3 aromatic rings. The van der Waals surface area contributed by atoms with Gasteiger partial charge in [-0.2, -0.15) is 9.78 Å². The molecule has 1 heterocycles. The van der Waals surface area contributed by atoms with Crippen LogP contribution in [0.3, 0.4) is 0 Å². The molecule has 0 aliphatic carbocycles. The van der Waals surface area contributed by atoms with Crippen molar-refractivity contribution in [2.24, 2.45) is 0 Å². The van der Waals surface area contributed by atoms with Crippen molar-refractivity contribution >= 4 is 17.3 Å². The first-order valence-corrected chi connectivity index (χ1v) is 7.98. The average Bonchev–Trinajstić information content (AvgIpc) is 2.66. The van der Waals surface area contributed by atoms with Gasteiger partial charge in [0.15, 0.2) is 11.6 Å². The number of benzene rings is 2. The summed E-state index contributed by atoms with van der Waals surface area (Å²) in [5.74, 6) is 0.554. The predicted molar refractivity (Wildman–Crippen MR) is 97.4 cm³/mol. The van der Waals surface area contributed by atoms with Gasteiger partial charge in [-0.25, -0.2) is 4.39 Å². The Morgan fingerprint density at radius 3 is 2.50 bits per heavy atom. The first-order chi connectivity index (χ1) is 12.5. The van der Waals surface area contributed by atoms with E-state index in [0.717, 1.165) is 0 Å². The summed E-state index contributed by atoms with van der Waals surface area (Å²) in [5.41, 5.74) is 0.553. The number of hydrogen-bond donors (Lipinski definition) is 1. The van der Waals surface area contributed by atoms with Gasteiger partial charge in [0.25, 0.3) is 5.56 Å². The molecular formula is C18H15ClFN3O3. The zero-order chi connectivity index (χ0) is 18.7. The molecule has 6 nitrogen and oxygen atoms in total. The Labute approximate surface area is 153 Å². The first-order valence-electron chi connectivity index (χ1n) is 7.61. The highest BCUT2D eigenvalue weighted by Crippen LogP contribution is 2.28. The maximum Gasteiger partial charge on any atom is 0.292 e. The number of hydrogen-bond acceptors (Lipinski definition) is 5. The van der Waals surface area contributed by atoms with Gasteiger partial charge in [-0.3, -0.25) is 4.79 Å². The van der Waals surface area contributed by atoms with Crippen LogP contribution in [0.5, 0.6) is 17.2 Å². The minimum atomic E-state index is -0.470. The number of ether oxygens (including phenoxy) is 2. The number of nitrogens with zero attached hydrogens (tertiary/aromatic N) is 2. The summed E-state index contributed by atoms with van der Waals surface area (Å²) in [6.07, 6.45) is 1.47. The lowest BCUT2D eigenvalue weighted by atomic mass is 10.3. The summed E-state index contributed by atoms with van der Waals surface area (Å²) in [7, 11) is 3.04. The van der Waals surface area contributed by atoms with Crippen LogP contribution < -0.4 is 20.3 Å². The van der Waals surface area contributed by atoms with Crippen LogP contribution in [-0.4, -0.2) is 23.9 Å². The van der Waals surface area contributed by atoms with E-state index in [9.17, 15) is 9.18 Å². The molecule has 3 rings (SSSR count). The van der Waals surface area contributed by atoms with E-state index in [2.05, 4.69) is 10.4 Å². The van der Waals surface area contributed by atoms with Crippen LogP contribution >= 0.6 is 11.6 Å². The van der Waals surface area contributed by atoms with E-state index < -0.39 is 11.4 Å². The summed E-state index contributed by atoms with van der Waals surface area (Å²) < 4.78 is 25.2. The topological polar surface area (TPSA) is 65.4 Å². The fourth-order valence-electron chi connectivity index (χ4n) is 2.29. The lowest BCUT2D eigenvalue weighted by molar-refractivity contribution is 0.381. The van der Waals surface area contributed by atoms with Gasteiger partial charge < -0.3 is 14.8 Å². The Kier molecular flexibility index (Phi) is 5.09. The maximum atomic E-state index is 13.4. The van der Waals surface area contributed by atoms with Gasteiger partial charge in [-0.05, 0) is 36.4 Å². The van der Waals surface area contributed by atoms with Gasteiger partial charge in [0, 0.05) is 13.1 Å². The minimum Gasteiger partial charge on any atom is -0.494 e. The summed E-state index contributed by atoms with van der Waals surface area (Å²) in [6, 6.07) is 10.9. The van der Waals surface area contributed by atoms with Crippen molar-refractivity contribution in [1.29, 1.82) is 0 Å². The average molecular weight is 376 g/mol. The second-order valence-electron chi connectivity index (χ2n) is 5.23. The molecule has 0 amide bonds. The van der Waals surface area contributed by atoms with E-state index in [0.29, 0.717) is 22.9 Å². The van der Waals surface area contributed by atoms with Crippen LogP contribution in [0.25, 0.3) is 5.69 Å². The van der Waals surface area contributed by atoms with Crippen LogP contribution in [0.2, 0.25) is 5.02 Å². The minimum absolute atomic E-state index is 0.0567. The third kappa shape index (κ3) is 3.48. The number of aromatic nitrogens is 2. The van der Waals surface area contributed by atoms with Crippen LogP contribution in [-0.2, 0) is 0 Å². The molecule has 0 spiro atoms. The van der Waals surface area contributed by atoms with Crippen molar-refractivity contribution in [1.82, 2.24) is 9.78 Å². The van der Waals surface area contributed by atoms with Gasteiger partial charge in [-0.15, -0.1) is 0 Å². The van der Waals surface area contributed by atoms with Crippen LogP contribution in [0.15, 0.2) is 53.5 Å². The van der Waals surface area contributed by atoms with Crippen molar-refractivity contribution in [3.05, 3.63) is 69.9 Å². The van der Waals surface area contributed by atoms with Crippen molar-refractivity contribution in [2.45, 2.75) is 0 Å². The lowest BCUT2D eigenvalue weighted by Gasteiger charge is -2.10. The van der Waals surface area contributed by atoms with Gasteiger partial charge in [0.05, 0.1) is 24.7 Å². The van der Waals surface area contributed by atoms with Gasteiger partial charge in [0.2, 0.25) is 0 Å². The summed E-state index contributed by atoms with van der Waals surface area (Å²) in [5, 5.41) is 6.94. The fraction of sp³-hybridized carbons (Fsp3) is 0.111. The van der Waals surface area contributed by atoms with E-state index in [1.54, 1.807) is 31.3 Å². The SMILES string of the molecule is CNc1cnn(-c2ccc(Oc3ccc(F)c(OC)c3)cc2)c(=O)c1Cl. The monoisotopic (exact) mass is 375 g/mol. The molecular weight excluding hydrogens is 361 g/mol. The van der Waals surface area contributed by atoms with E-state index in [1.165, 1.54) is 36.2 Å². The molecule has 8 heteroatoms. The Balaban J connectivity index is 1.85. The van der Waals surface area contributed by atoms with Crippen LogP contribution in [0.4, 0.5) is 10.1 Å². The van der Waals surface area contributed by atoms with E-state index in [-0.39, 0.29) is 10.8 Å². The Bertz CT molecular complexity index is 990. The first kappa shape index (κ1) is 17.8. The molecule has 0 unspecified atom stereocenters. The second kappa shape index (κ2) is 7.45. The second-order valence-corrected chi connectivity index (χ2v) is 5.61. The third-order valence-corrected chi connectivity index (χ3v) is 3.99. The maximum absolute atomic E-state index is 13.4. The van der Waals surface area contributed by atoms with Crippen LogP contribution in [0, 0.1) is 5.82 Å². The molecule has 0 aliphatic rings. The van der Waals surface area contributed by atoms with Crippen molar-refractivity contribution < 1.29 is 13.9 Å². The quantitative estimate of drug-likeness (QED) is 0.733. The third-order valence-electron chi connectivity index (χ3n) is 3.63. The highest BCUT2D eigenvalue weighted by atomic mass is 35.5. The summed E-state index contributed by atoms with van der Waals surface area (Å²) in [6.45, 7) is 0. The molecule has 2 aromatic carbocycles. The molecule has 0 aliphatic heterocycles. The number of methoxy groups -OCH3 is 1. The molecule has 26 heavy (non-hydrogen) atoms. The molecule has 0 atom stereocenters. The van der Waals surface area contributed by atoms with E-state index >= 15 is 0 Å². The van der Waals surface area contributed by atoms with Crippen LogP contribution in [0.1, 0.15) is 0 Å². The van der Waals surface area contributed by atoms with E-state index in [1.807, 2.05) is 0 Å². The highest BCUT2D eigenvalue weighted by Gasteiger charge is 2.10. The summed E-state index contributed by atoms with van der Waals surface area (Å²) >= 11 is 6.03. The Morgan fingerprint density at radius 1 is 1.15 bits per heavy atom. The fourth-order valence-corrected chi connectivity index (χ4v) is 2.51. The summed E-state index contributed by atoms with van der Waals surface area (Å²) in [4.78, 5) is 12.3. The molecule has 0 fully saturated rings. The highest BCUT2D eigenvalue weighted by molar-refractivity contribution is 6.32. The van der Waals surface area contributed by atoms with Gasteiger partial charge in [-0.1, -0.05) is 11.6 Å². The molecule has 1 aromatic heterocycles. The zero-order valence-corrected chi connectivity index (χ0v) is 14.7. The van der Waals surface area contributed by atoms with Crippen molar-refractivity contribution in [3.8, 4) is 22.9 Å². The molecule has 0 bridgehead atoms. The number of rotatable bonds is 5. The standard InChI is InChI=1S/C18H15ClFN3O3/c1-21-15-10-22-23(18(24)17(15)19)11-3-5-12(6-4-11)26-13-7-8-14(20)16(9-13)25-2/h3-10,21H,1-2H3. The smallest absolute Gasteiger partial charge is 0.292 e. The van der Waals surface area contributed by atoms with Gasteiger partial charge in [0.1, 0.15) is 16.5 Å². The van der Waals surface area contributed by atoms with Crippen molar-refractivity contribution in [3.63, 3.8) is 0 Å². The van der Waals surface area contributed by atoms with Gasteiger partial charge >= 0.3 is 0 Å². The number of anilines is 1. The van der Waals surface area contributed by atoms with E-state index in [4.69, 9.17) is 21.1 Å². The lowest BCUT2D eigenvalue weighted by Crippen LogP contribution is -2.22. The molecule has 1 N–H and O–H groups in total. The predicted octanol–water partition coefficient (Wildman–Crippen LogP) is 3.87. The normalized spacial score (nSPS) is 10.5.